The van der Waals surface area contributed by atoms with Gasteiger partial charge in [0, 0.05) is 4.88 Å². The number of amides is 1. The summed E-state index contributed by atoms with van der Waals surface area (Å²) >= 11 is 1.44. The molecule has 1 aromatic heterocycles. The van der Waals surface area contributed by atoms with Crippen LogP contribution in [0.5, 0.6) is 5.75 Å². The summed E-state index contributed by atoms with van der Waals surface area (Å²) in [5, 5.41) is 3.37. The first-order valence-corrected chi connectivity index (χ1v) is 8.56. The van der Waals surface area contributed by atoms with Crippen molar-refractivity contribution >= 4 is 22.4 Å². The van der Waals surface area contributed by atoms with E-state index < -0.39 is 0 Å². The van der Waals surface area contributed by atoms with Gasteiger partial charge in [0.25, 0.3) is 5.91 Å². The monoisotopic (exact) mass is 356 g/mol. The van der Waals surface area contributed by atoms with Crippen molar-refractivity contribution in [2.45, 2.75) is 20.5 Å². The number of ether oxygens (including phenoxy) is 1. The minimum absolute atomic E-state index is 0.250. The number of nitrogens with zero attached hydrogens (tertiary/aromatic N) is 1. The van der Waals surface area contributed by atoms with Crippen LogP contribution in [0.1, 0.15) is 26.5 Å². The zero-order chi connectivity index (χ0) is 17.8. The summed E-state index contributed by atoms with van der Waals surface area (Å²) in [5.74, 6) is -0.102. The molecule has 0 radical (unpaired) electrons. The number of benzene rings is 2. The number of hydrogen-bond donors (Lipinski definition) is 1. The van der Waals surface area contributed by atoms with Gasteiger partial charge in [-0.15, -0.1) is 11.3 Å². The molecule has 128 valence electrons. The predicted octanol–water partition coefficient (Wildman–Crippen LogP) is 4.73. The van der Waals surface area contributed by atoms with Crippen molar-refractivity contribution in [1.29, 1.82) is 0 Å². The first-order chi connectivity index (χ1) is 12.0. The number of halogens is 1. The lowest BCUT2D eigenvalue weighted by Crippen LogP contribution is -2.13. The summed E-state index contributed by atoms with van der Waals surface area (Å²) in [7, 11) is 0. The molecule has 0 unspecified atom stereocenters. The molecule has 0 atom stereocenters. The molecule has 0 aliphatic carbocycles. The van der Waals surface area contributed by atoms with Crippen LogP contribution in [0.15, 0.2) is 48.5 Å². The number of hydrogen-bond acceptors (Lipinski definition) is 4. The lowest BCUT2D eigenvalue weighted by Gasteiger charge is -2.11. The van der Waals surface area contributed by atoms with Crippen LogP contribution in [0.25, 0.3) is 0 Å². The fraction of sp³-hybridized carbons (Fsp3) is 0.158. The van der Waals surface area contributed by atoms with Crippen LogP contribution in [0.3, 0.4) is 0 Å². The molecule has 0 saturated carbocycles. The number of para-hydroxylation sites is 1. The molecular weight excluding hydrogens is 339 g/mol. The van der Waals surface area contributed by atoms with Gasteiger partial charge >= 0.3 is 0 Å². The molecule has 6 heteroatoms. The maximum absolute atomic E-state index is 13.0. The van der Waals surface area contributed by atoms with E-state index in [-0.39, 0.29) is 18.3 Å². The van der Waals surface area contributed by atoms with Gasteiger partial charge in [-0.1, -0.05) is 24.3 Å². The molecule has 0 saturated heterocycles. The zero-order valence-electron chi connectivity index (χ0n) is 13.9. The highest BCUT2D eigenvalue weighted by molar-refractivity contribution is 7.15. The van der Waals surface area contributed by atoms with Gasteiger partial charge in [0.2, 0.25) is 0 Å². The van der Waals surface area contributed by atoms with Crippen molar-refractivity contribution in [3.05, 3.63) is 76.0 Å². The molecule has 0 aliphatic rings. The Kier molecular flexibility index (Phi) is 5.09. The lowest BCUT2D eigenvalue weighted by molar-refractivity contribution is 0.102. The number of rotatable bonds is 5. The third-order valence-electron chi connectivity index (χ3n) is 3.69. The Balaban J connectivity index is 1.73. The Morgan fingerprint density at radius 1 is 1.16 bits per heavy atom. The minimum Gasteiger partial charge on any atom is -0.488 e. The van der Waals surface area contributed by atoms with Gasteiger partial charge in [0.1, 0.15) is 18.2 Å². The van der Waals surface area contributed by atoms with Crippen molar-refractivity contribution < 1.29 is 13.9 Å². The van der Waals surface area contributed by atoms with Gasteiger partial charge in [-0.25, -0.2) is 9.37 Å². The highest BCUT2D eigenvalue weighted by atomic mass is 32.1. The quantitative estimate of drug-likeness (QED) is 0.719. The Hall–Kier alpha value is -2.73. The van der Waals surface area contributed by atoms with Crippen molar-refractivity contribution in [2.75, 3.05) is 5.32 Å². The number of aromatic nitrogens is 1. The van der Waals surface area contributed by atoms with Crippen molar-refractivity contribution in [3.8, 4) is 5.75 Å². The van der Waals surface area contributed by atoms with Crippen LogP contribution < -0.4 is 10.1 Å². The molecule has 0 aliphatic heterocycles. The molecule has 0 bridgehead atoms. The Morgan fingerprint density at radius 2 is 1.88 bits per heavy atom. The maximum atomic E-state index is 13.0. The third kappa shape index (κ3) is 4.22. The van der Waals surface area contributed by atoms with E-state index in [9.17, 15) is 9.18 Å². The Morgan fingerprint density at radius 3 is 2.56 bits per heavy atom. The molecule has 3 rings (SSSR count). The van der Waals surface area contributed by atoms with E-state index in [2.05, 4.69) is 10.3 Å². The Labute approximate surface area is 149 Å². The minimum atomic E-state index is -0.294. The normalized spacial score (nSPS) is 10.5. The molecule has 1 N–H and O–H groups in total. The second kappa shape index (κ2) is 7.44. The maximum Gasteiger partial charge on any atom is 0.261 e. The average Bonchev–Trinajstić information content (AvgIpc) is 2.92. The van der Waals surface area contributed by atoms with Crippen molar-refractivity contribution in [1.82, 2.24) is 4.98 Å². The van der Waals surface area contributed by atoms with E-state index in [1.54, 1.807) is 36.4 Å². The average molecular weight is 356 g/mol. The highest BCUT2D eigenvalue weighted by Crippen LogP contribution is 2.24. The van der Waals surface area contributed by atoms with E-state index >= 15 is 0 Å². The predicted molar refractivity (Wildman–Crippen MR) is 96.7 cm³/mol. The molecule has 25 heavy (non-hydrogen) atoms. The number of aryl methyl sites for hydroxylation is 2. The molecule has 2 aromatic carbocycles. The molecule has 0 spiro atoms. The highest BCUT2D eigenvalue weighted by Gasteiger charge is 2.14. The number of carbonyl (C=O) groups excluding carboxylic acids is 1. The van der Waals surface area contributed by atoms with Crippen LogP contribution in [0, 0.1) is 19.7 Å². The molecule has 0 fully saturated rings. The van der Waals surface area contributed by atoms with E-state index in [1.807, 2.05) is 13.8 Å². The number of thiazole rings is 1. The fourth-order valence-corrected chi connectivity index (χ4v) is 3.02. The number of nitrogens with one attached hydrogen (secondary N) is 1. The topological polar surface area (TPSA) is 51.2 Å². The van der Waals surface area contributed by atoms with E-state index in [0.29, 0.717) is 16.4 Å². The first kappa shape index (κ1) is 17.1. The van der Waals surface area contributed by atoms with E-state index in [4.69, 9.17) is 4.74 Å². The van der Waals surface area contributed by atoms with E-state index in [0.717, 1.165) is 16.1 Å². The van der Waals surface area contributed by atoms with Gasteiger partial charge in [0.05, 0.1) is 11.3 Å². The van der Waals surface area contributed by atoms with Gasteiger partial charge in [0.15, 0.2) is 5.13 Å². The first-order valence-electron chi connectivity index (χ1n) is 7.74. The molecule has 4 nitrogen and oxygen atoms in total. The smallest absolute Gasteiger partial charge is 0.261 e. The summed E-state index contributed by atoms with van der Waals surface area (Å²) in [5.41, 5.74) is 2.15. The summed E-state index contributed by atoms with van der Waals surface area (Å²) in [6.07, 6.45) is 0. The summed E-state index contributed by atoms with van der Waals surface area (Å²) in [6, 6.07) is 13.1. The van der Waals surface area contributed by atoms with Gasteiger partial charge in [-0.05, 0) is 43.7 Å². The van der Waals surface area contributed by atoms with Crippen LogP contribution >= 0.6 is 11.3 Å². The van der Waals surface area contributed by atoms with Crippen molar-refractivity contribution in [2.24, 2.45) is 0 Å². The van der Waals surface area contributed by atoms with Crippen LogP contribution in [-0.4, -0.2) is 10.9 Å². The number of anilines is 1. The molecule has 1 heterocycles. The van der Waals surface area contributed by atoms with Crippen LogP contribution in [0.2, 0.25) is 0 Å². The zero-order valence-corrected chi connectivity index (χ0v) is 14.7. The molecular formula is C19H17FN2O2S. The van der Waals surface area contributed by atoms with Gasteiger partial charge in [-0.3, -0.25) is 10.1 Å². The molecule has 1 amide bonds. The van der Waals surface area contributed by atoms with E-state index in [1.165, 1.54) is 23.5 Å². The standard InChI is InChI=1S/C19H17FN2O2S/c1-12-13(2)25-19(21-12)22-18(23)16-5-3-4-6-17(16)24-11-14-7-9-15(20)10-8-14/h3-10H,11H2,1-2H3,(H,21,22,23). The Bertz CT molecular complexity index is 871. The lowest BCUT2D eigenvalue weighted by atomic mass is 10.2. The second-order valence-corrected chi connectivity index (χ2v) is 6.73. The largest absolute Gasteiger partial charge is 0.488 e. The summed E-state index contributed by atoms with van der Waals surface area (Å²) < 4.78 is 18.7. The van der Waals surface area contributed by atoms with Crippen molar-refractivity contribution in [3.63, 3.8) is 0 Å². The fourth-order valence-electron chi connectivity index (χ4n) is 2.21. The van der Waals surface area contributed by atoms with Gasteiger partial charge < -0.3 is 4.74 Å². The second-order valence-electron chi connectivity index (χ2n) is 5.53. The molecule has 3 aromatic rings. The third-order valence-corrected chi connectivity index (χ3v) is 4.68. The summed E-state index contributed by atoms with van der Waals surface area (Å²) in [6.45, 7) is 4.11. The SMILES string of the molecule is Cc1nc(NC(=O)c2ccccc2OCc2ccc(F)cc2)sc1C. The van der Waals surface area contributed by atoms with Crippen LogP contribution in [-0.2, 0) is 6.61 Å². The number of carbonyl (C=O) groups is 1. The van der Waals surface area contributed by atoms with Gasteiger partial charge in [-0.2, -0.15) is 0 Å². The van der Waals surface area contributed by atoms with Crippen LogP contribution in [0.4, 0.5) is 9.52 Å². The summed E-state index contributed by atoms with van der Waals surface area (Å²) in [4.78, 5) is 17.9.